The minimum atomic E-state index is -0.214. The number of nitrogens with one attached hydrogen (secondary N) is 2. The molecule has 0 radical (unpaired) electrons. The minimum absolute atomic E-state index is 0.214. The first-order valence-corrected chi connectivity index (χ1v) is 8.75. The van der Waals surface area contributed by atoms with Crippen molar-refractivity contribution in [2.24, 2.45) is 0 Å². The number of nitrogens with zero attached hydrogens (tertiary/aromatic N) is 2. The van der Waals surface area contributed by atoms with Crippen molar-refractivity contribution in [2.75, 3.05) is 0 Å². The molecule has 0 unspecified atom stereocenters. The Morgan fingerprint density at radius 1 is 1.15 bits per heavy atom. The summed E-state index contributed by atoms with van der Waals surface area (Å²) in [7, 11) is 0. The van der Waals surface area contributed by atoms with Crippen molar-refractivity contribution in [1.29, 1.82) is 0 Å². The third-order valence-electron chi connectivity index (χ3n) is 5.11. The van der Waals surface area contributed by atoms with Gasteiger partial charge in [0.15, 0.2) is 0 Å². The van der Waals surface area contributed by atoms with Gasteiger partial charge in [-0.05, 0) is 61.9 Å². The minimum Gasteiger partial charge on any atom is -0.361 e. The monoisotopic (exact) mass is 346 g/mol. The van der Waals surface area contributed by atoms with Crippen molar-refractivity contribution in [3.63, 3.8) is 0 Å². The summed E-state index contributed by atoms with van der Waals surface area (Å²) >= 11 is 0. The maximum Gasteiger partial charge on any atom is 0.323 e. The number of hydrogen-bond acceptors (Lipinski definition) is 4. The number of pyridine rings is 1. The molecule has 3 heterocycles. The van der Waals surface area contributed by atoms with Gasteiger partial charge in [-0.15, -0.1) is 0 Å². The number of benzene rings is 1. The maximum atomic E-state index is 12.0. The predicted molar refractivity (Wildman–Crippen MR) is 99.1 cm³/mol. The van der Waals surface area contributed by atoms with E-state index in [0.717, 1.165) is 44.7 Å². The van der Waals surface area contributed by atoms with Gasteiger partial charge in [0, 0.05) is 29.1 Å². The first-order chi connectivity index (χ1) is 12.6. The van der Waals surface area contributed by atoms with Crippen molar-refractivity contribution in [3.05, 3.63) is 58.1 Å². The maximum absolute atomic E-state index is 12.0. The van der Waals surface area contributed by atoms with Gasteiger partial charge in [-0.3, -0.25) is 4.98 Å². The second-order valence-corrected chi connectivity index (χ2v) is 6.96. The number of H-pyrrole nitrogens is 2. The van der Waals surface area contributed by atoms with E-state index >= 15 is 0 Å². The number of hydrogen-bond donors (Lipinski definition) is 2. The van der Waals surface area contributed by atoms with Crippen LogP contribution in [0.3, 0.4) is 0 Å². The number of fused-ring (bicyclic) bond motifs is 1. The third-order valence-corrected chi connectivity index (χ3v) is 5.11. The SMILES string of the molecule is Cc1noc(C)c1-c1cc(-c2cnccc2C2CC2)c2[nH]c(=O)[nH]c2c1. The Balaban J connectivity index is 1.83. The molecule has 2 N–H and O–H groups in total. The standard InChI is InChI=1S/C20H18N4O2/c1-10-18(11(2)26-24-10)13-7-15(19-17(8-13)22-20(25)23-19)16-9-21-6-5-14(16)12-3-4-12/h5-9,12H,3-4H2,1-2H3,(H2,22,23,25). The molecule has 6 nitrogen and oxygen atoms in total. The first-order valence-electron chi connectivity index (χ1n) is 8.75. The average molecular weight is 346 g/mol. The molecular formula is C20H18N4O2. The molecule has 0 saturated heterocycles. The van der Waals surface area contributed by atoms with Crippen LogP contribution >= 0.6 is 0 Å². The van der Waals surface area contributed by atoms with Gasteiger partial charge in [-0.1, -0.05) is 5.16 Å². The van der Waals surface area contributed by atoms with Gasteiger partial charge in [0.1, 0.15) is 5.76 Å². The normalized spacial score (nSPS) is 14.2. The largest absolute Gasteiger partial charge is 0.361 e. The molecule has 5 rings (SSSR count). The lowest BCUT2D eigenvalue weighted by Gasteiger charge is -2.11. The van der Waals surface area contributed by atoms with Crippen molar-refractivity contribution in [3.8, 4) is 22.3 Å². The summed E-state index contributed by atoms with van der Waals surface area (Å²) in [5.74, 6) is 1.34. The Labute approximate surface area is 149 Å². The van der Waals surface area contributed by atoms with Crippen LogP contribution in [0.25, 0.3) is 33.3 Å². The first kappa shape index (κ1) is 15.1. The van der Waals surface area contributed by atoms with Gasteiger partial charge in [0.2, 0.25) is 0 Å². The highest BCUT2D eigenvalue weighted by Crippen LogP contribution is 2.45. The predicted octanol–water partition coefficient (Wildman–Crippen LogP) is 4.07. The highest BCUT2D eigenvalue weighted by atomic mass is 16.5. The van der Waals surface area contributed by atoms with Crippen LogP contribution < -0.4 is 5.69 Å². The molecule has 1 saturated carbocycles. The average Bonchev–Trinajstić information content (AvgIpc) is 3.33. The van der Waals surface area contributed by atoms with E-state index in [1.54, 1.807) is 0 Å². The lowest BCUT2D eigenvalue weighted by atomic mass is 9.94. The summed E-state index contributed by atoms with van der Waals surface area (Å²) in [6.45, 7) is 3.83. The summed E-state index contributed by atoms with van der Waals surface area (Å²) in [6.07, 6.45) is 6.14. The van der Waals surface area contributed by atoms with Crippen LogP contribution in [0.1, 0.15) is 35.8 Å². The van der Waals surface area contributed by atoms with Crippen LogP contribution in [-0.4, -0.2) is 20.1 Å². The molecule has 1 aliphatic carbocycles. The lowest BCUT2D eigenvalue weighted by Crippen LogP contribution is -1.99. The number of rotatable bonds is 3. The molecule has 130 valence electrons. The molecule has 26 heavy (non-hydrogen) atoms. The molecule has 0 aliphatic heterocycles. The van der Waals surface area contributed by atoms with Crippen LogP contribution in [-0.2, 0) is 0 Å². The zero-order chi connectivity index (χ0) is 17.8. The Kier molecular flexibility index (Phi) is 3.16. The Morgan fingerprint density at radius 3 is 2.73 bits per heavy atom. The molecule has 4 aromatic rings. The van der Waals surface area contributed by atoms with Crippen LogP contribution in [0.4, 0.5) is 0 Å². The zero-order valence-electron chi connectivity index (χ0n) is 14.6. The molecule has 1 aliphatic rings. The van der Waals surface area contributed by atoms with Crippen molar-refractivity contribution in [2.45, 2.75) is 32.6 Å². The van der Waals surface area contributed by atoms with Crippen molar-refractivity contribution in [1.82, 2.24) is 20.1 Å². The second-order valence-electron chi connectivity index (χ2n) is 6.96. The van der Waals surface area contributed by atoms with E-state index in [0.29, 0.717) is 5.92 Å². The quantitative estimate of drug-likeness (QED) is 0.585. The van der Waals surface area contributed by atoms with E-state index < -0.39 is 0 Å². The molecular weight excluding hydrogens is 328 g/mol. The van der Waals surface area contributed by atoms with Gasteiger partial charge in [-0.2, -0.15) is 0 Å². The van der Waals surface area contributed by atoms with Crippen LogP contribution in [0.2, 0.25) is 0 Å². The Bertz CT molecular complexity index is 1170. The van der Waals surface area contributed by atoms with Crippen LogP contribution in [0.5, 0.6) is 0 Å². The molecule has 0 spiro atoms. The van der Waals surface area contributed by atoms with Gasteiger partial charge < -0.3 is 14.5 Å². The number of aromatic nitrogens is 4. The van der Waals surface area contributed by atoms with Gasteiger partial charge in [-0.25, -0.2) is 4.79 Å². The summed E-state index contributed by atoms with van der Waals surface area (Å²) in [5.41, 5.74) is 7.48. The van der Waals surface area contributed by atoms with Crippen LogP contribution in [0.15, 0.2) is 39.9 Å². The molecule has 3 aromatic heterocycles. The summed E-state index contributed by atoms with van der Waals surface area (Å²) < 4.78 is 5.34. The van der Waals surface area contributed by atoms with Crippen molar-refractivity contribution < 1.29 is 4.52 Å². The second kappa shape index (κ2) is 5.42. The molecule has 1 fully saturated rings. The Morgan fingerprint density at radius 2 is 2.00 bits per heavy atom. The number of aromatic amines is 2. The fourth-order valence-corrected chi connectivity index (χ4v) is 3.77. The summed E-state index contributed by atoms with van der Waals surface area (Å²) in [5, 5.41) is 4.07. The molecule has 0 atom stereocenters. The number of imidazole rings is 1. The van der Waals surface area contributed by atoms with Crippen molar-refractivity contribution >= 4 is 11.0 Å². The third kappa shape index (κ3) is 2.29. The van der Waals surface area contributed by atoms with E-state index in [-0.39, 0.29) is 5.69 Å². The van der Waals surface area contributed by atoms with E-state index in [1.165, 1.54) is 18.4 Å². The lowest BCUT2D eigenvalue weighted by molar-refractivity contribution is 0.393. The topological polar surface area (TPSA) is 87.6 Å². The molecule has 1 aromatic carbocycles. The van der Waals surface area contributed by atoms with E-state index in [1.807, 2.05) is 32.3 Å². The molecule has 0 bridgehead atoms. The van der Waals surface area contributed by atoms with E-state index in [9.17, 15) is 4.79 Å². The fraction of sp³-hybridized carbons (Fsp3) is 0.250. The van der Waals surface area contributed by atoms with E-state index in [4.69, 9.17) is 4.52 Å². The highest BCUT2D eigenvalue weighted by Gasteiger charge is 2.27. The van der Waals surface area contributed by atoms with Gasteiger partial charge in [0.05, 0.1) is 16.7 Å². The van der Waals surface area contributed by atoms with Gasteiger partial charge in [0.25, 0.3) is 0 Å². The van der Waals surface area contributed by atoms with E-state index in [2.05, 4.69) is 32.2 Å². The number of aryl methyl sites for hydroxylation is 2. The summed E-state index contributed by atoms with van der Waals surface area (Å²) in [4.78, 5) is 22.1. The fourth-order valence-electron chi connectivity index (χ4n) is 3.77. The van der Waals surface area contributed by atoms with Crippen LogP contribution in [0, 0.1) is 13.8 Å². The zero-order valence-corrected chi connectivity index (χ0v) is 14.6. The smallest absolute Gasteiger partial charge is 0.323 e. The summed E-state index contributed by atoms with van der Waals surface area (Å²) in [6, 6.07) is 6.16. The molecule has 0 amide bonds. The molecule has 6 heteroatoms. The Hall–Kier alpha value is -3.15. The highest BCUT2D eigenvalue weighted by molar-refractivity contribution is 5.96. The van der Waals surface area contributed by atoms with Gasteiger partial charge >= 0.3 is 5.69 Å².